The molecule has 0 amide bonds. The van der Waals surface area contributed by atoms with E-state index in [1.165, 1.54) is 10.5 Å². The van der Waals surface area contributed by atoms with Gasteiger partial charge in [0.25, 0.3) is 0 Å². The van der Waals surface area contributed by atoms with Crippen molar-refractivity contribution in [2.24, 2.45) is 0 Å². The number of hydrogen-bond donors (Lipinski definition) is 1. The summed E-state index contributed by atoms with van der Waals surface area (Å²) in [6, 6.07) is 8.56. The van der Waals surface area contributed by atoms with Crippen molar-refractivity contribution in [3.05, 3.63) is 29.8 Å². The lowest BCUT2D eigenvalue weighted by Crippen LogP contribution is -2.26. The van der Waals surface area contributed by atoms with Gasteiger partial charge < -0.3 is 5.11 Å². The number of nitrogens with zero attached hydrogens (tertiary/aromatic N) is 1. The highest BCUT2D eigenvalue weighted by Crippen LogP contribution is 2.15. The first-order valence-corrected chi connectivity index (χ1v) is 6.34. The van der Waals surface area contributed by atoms with Crippen LogP contribution in [-0.2, 0) is 6.54 Å². The van der Waals surface area contributed by atoms with Crippen LogP contribution < -0.4 is 0 Å². The molecule has 1 rings (SSSR count). The van der Waals surface area contributed by atoms with Crippen molar-refractivity contribution in [3.63, 3.8) is 0 Å². The molecule has 0 saturated carbocycles. The van der Waals surface area contributed by atoms with Gasteiger partial charge in [0.05, 0.1) is 6.10 Å². The van der Waals surface area contributed by atoms with Gasteiger partial charge in [0.1, 0.15) is 0 Å². The molecule has 1 atom stereocenters. The largest absolute Gasteiger partial charge is 0.392 e. The van der Waals surface area contributed by atoms with Gasteiger partial charge in [0.2, 0.25) is 0 Å². The molecule has 84 valence electrons. The average Bonchev–Trinajstić information content (AvgIpc) is 2.17. The summed E-state index contributed by atoms with van der Waals surface area (Å²) in [5.41, 5.74) is 1.29. The van der Waals surface area contributed by atoms with Crippen molar-refractivity contribution < 1.29 is 5.11 Å². The van der Waals surface area contributed by atoms with Crippen molar-refractivity contribution in [3.8, 4) is 0 Å². The molecule has 0 radical (unpaired) electrons. The second kappa shape index (κ2) is 6.16. The van der Waals surface area contributed by atoms with E-state index in [0.717, 1.165) is 6.54 Å². The molecule has 0 bridgehead atoms. The lowest BCUT2D eigenvalue weighted by Gasteiger charge is -2.18. The van der Waals surface area contributed by atoms with Crippen LogP contribution in [0.4, 0.5) is 0 Å². The Hall–Kier alpha value is -0.510. The predicted molar refractivity (Wildman–Crippen MR) is 66.2 cm³/mol. The molecule has 0 saturated heterocycles. The summed E-state index contributed by atoms with van der Waals surface area (Å²) in [5.74, 6) is 0. The molecule has 0 aromatic heterocycles. The van der Waals surface area contributed by atoms with E-state index in [4.69, 9.17) is 0 Å². The maximum absolute atomic E-state index is 9.24. The summed E-state index contributed by atoms with van der Waals surface area (Å²) in [6.07, 6.45) is 1.81. The molecule has 0 spiro atoms. The molecule has 1 aromatic rings. The Bertz CT molecular complexity index is 284. The number of rotatable bonds is 5. The smallest absolute Gasteiger partial charge is 0.0639 e. The Labute approximate surface area is 96.3 Å². The van der Waals surface area contributed by atoms with Crippen LogP contribution in [0.3, 0.4) is 0 Å². The molecular weight excluding hydrogens is 206 g/mol. The van der Waals surface area contributed by atoms with E-state index in [-0.39, 0.29) is 6.10 Å². The maximum atomic E-state index is 9.24. The van der Waals surface area contributed by atoms with Crippen LogP contribution in [0, 0.1) is 0 Å². The van der Waals surface area contributed by atoms with Gasteiger partial charge in [-0.05, 0) is 37.9 Å². The zero-order valence-corrected chi connectivity index (χ0v) is 10.4. The summed E-state index contributed by atoms with van der Waals surface area (Å²) in [4.78, 5) is 3.41. The second-order valence-corrected chi connectivity index (χ2v) is 4.77. The molecule has 0 aliphatic carbocycles. The van der Waals surface area contributed by atoms with E-state index >= 15 is 0 Å². The van der Waals surface area contributed by atoms with Crippen LogP contribution >= 0.6 is 11.8 Å². The van der Waals surface area contributed by atoms with Gasteiger partial charge in [-0.15, -0.1) is 11.8 Å². The summed E-state index contributed by atoms with van der Waals surface area (Å²) >= 11 is 1.75. The van der Waals surface area contributed by atoms with Crippen molar-refractivity contribution in [1.29, 1.82) is 0 Å². The summed E-state index contributed by atoms with van der Waals surface area (Å²) in [6.45, 7) is 3.41. The van der Waals surface area contributed by atoms with Crippen molar-refractivity contribution in [2.75, 3.05) is 19.8 Å². The summed E-state index contributed by atoms with van der Waals surface area (Å²) < 4.78 is 0. The highest BCUT2D eigenvalue weighted by molar-refractivity contribution is 7.98. The number of thioether (sulfide) groups is 1. The molecule has 2 nitrogen and oxygen atoms in total. The first kappa shape index (κ1) is 12.6. The number of aliphatic hydroxyl groups excluding tert-OH is 1. The molecule has 15 heavy (non-hydrogen) atoms. The fraction of sp³-hybridized carbons (Fsp3) is 0.500. The van der Waals surface area contributed by atoms with Gasteiger partial charge in [-0.2, -0.15) is 0 Å². The zero-order valence-electron chi connectivity index (χ0n) is 9.60. The van der Waals surface area contributed by atoms with E-state index in [9.17, 15) is 5.11 Å². The molecule has 0 aliphatic rings. The highest BCUT2D eigenvalue weighted by Gasteiger charge is 2.03. The average molecular weight is 225 g/mol. The Kier molecular flexibility index (Phi) is 5.15. The van der Waals surface area contributed by atoms with Crippen molar-refractivity contribution in [1.82, 2.24) is 4.90 Å². The van der Waals surface area contributed by atoms with Gasteiger partial charge in [0.15, 0.2) is 0 Å². The minimum atomic E-state index is -0.263. The molecule has 0 aliphatic heterocycles. The lowest BCUT2D eigenvalue weighted by molar-refractivity contribution is 0.138. The normalized spacial score (nSPS) is 13.1. The number of hydrogen-bond acceptors (Lipinski definition) is 3. The van der Waals surface area contributed by atoms with E-state index in [1.807, 2.05) is 14.0 Å². The van der Waals surface area contributed by atoms with Crippen molar-refractivity contribution in [2.45, 2.75) is 24.5 Å². The Morgan fingerprint density at radius 3 is 2.40 bits per heavy atom. The van der Waals surface area contributed by atoms with Crippen molar-refractivity contribution >= 4 is 11.8 Å². The monoisotopic (exact) mass is 225 g/mol. The van der Waals surface area contributed by atoms with Crippen LogP contribution in [0.25, 0.3) is 0 Å². The zero-order chi connectivity index (χ0) is 11.3. The molecule has 0 unspecified atom stereocenters. The molecule has 0 heterocycles. The van der Waals surface area contributed by atoms with Crippen LogP contribution in [-0.4, -0.2) is 36.0 Å². The Morgan fingerprint density at radius 2 is 1.93 bits per heavy atom. The molecule has 3 heteroatoms. The van der Waals surface area contributed by atoms with Crippen LogP contribution in [0.1, 0.15) is 12.5 Å². The lowest BCUT2D eigenvalue weighted by atomic mass is 10.2. The van der Waals surface area contributed by atoms with Crippen LogP contribution in [0.2, 0.25) is 0 Å². The van der Waals surface area contributed by atoms with Gasteiger partial charge in [-0.3, -0.25) is 4.90 Å². The van der Waals surface area contributed by atoms with Gasteiger partial charge in [-0.1, -0.05) is 12.1 Å². The minimum absolute atomic E-state index is 0.263. The fourth-order valence-corrected chi connectivity index (χ4v) is 1.97. The molecular formula is C12H19NOS. The second-order valence-electron chi connectivity index (χ2n) is 3.89. The van der Waals surface area contributed by atoms with E-state index in [0.29, 0.717) is 6.54 Å². The van der Waals surface area contributed by atoms with E-state index in [2.05, 4.69) is 35.4 Å². The van der Waals surface area contributed by atoms with Crippen LogP contribution in [0.5, 0.6) is 0 Å². The quantitative estimate of drug-likeness (QED) is 0.777. The number of benzene rings is 1. The van der Waals surface area contributed by atoms with Crippen LogP contribution in [0.15, 0.2) is 29.2 Å². The maximum Gasteiger partial charge on any atom is 0.0639 e. The van der Waals surface area contributed by atoms with Gasteiger partial charge >= 0.3 is 0 Å². The number of aliphatic hydroxyl groups is 1. The summed E-state index contributed by atoms with van der Waals surface area (Å²) in [5, 5.41) is 9.24. The van der Waals surface area contributed by atoms with Gasteiger partial charge in [-0.25, -0.2) is 0 Å². The summed E-state index contributed by atoms with van der Waals surface area (Å²) in [7, 11) is 2.02. The molecule has 1 aromatic carbocycles. The van der Waals surface area contributed by atoms with E-state index in [1.54, 1.807) is 11.8 Å². The fourth-order valence-electron chi connectivity index (χ4n) is 1.56. The molecule has 1 N–H and O–H groups in total. The topological polar surface area (TPSA) is 23.5 Å². The standard InChI is InChI=1S/C12H19NOS/c1-10(14)8-13(2)9-11-4-6-12(15-3)7-5-11/h4-7,10,14H,8-9H2,1-3H3/t10-/m1/s1. The SMILES string of the molecule is CSc1ccc(CN(C)C[C@@H](C)O)cc1. The highest BCUT2D eigenvalue weighted by atomic mass is 32.2. The first-order chi connectivity index (χ1) is 7.11. The number of likely N-dealkylation sites (N-methyl/N-ethyl adjacent to an activating group) is 1. The minimum Gasteiger partial charge on any atom is -0.392 e. The first-order valence-electron chi connectivity index (χ1n) is 5.11. The third kappa shape index (κ3) is 4.69. The van der Waals surface area contributed by atoms with E-state index < -0.39 is 0 Å². The molecule has 0 fully saturated rings. The predicted octanol–water partition coefficient (Wildman–Crippen LogP) is 2.22. The Balaban J connectivity index is 2.49. The third-order valence-electron chi connectivity index (χ3n) is 2.19. The Morgan fingerprint density at radius 1 is 1.33 bits per heavy atom. The van der Waals surface area contributed by atoms with Gasteiger partial charge in [0, 0.05) is 18.0 Å². The third-order valence-corrected chi connectivity index (χ3v) is 2.93.